The summed E-state index contributed by atoms with van der Waals surface area (Å²) in [5.74, 6) is -0.418. The maximum absolute atomic E-state index is 11.5. The number of amides is 1. The summed E-state index contributed by atoms with van der Waals surface area (Å²) in [5, 5.41) is 11.6. The normalized spacial score (nSPS) is 11.4. The number of carbonyl (C=O) groups excluding carboxylic acids is 2. The molecule has 0 saturated carbocycles. The lowest BCUT2D eigenvalue weighted by Gasteiger charge is -2.06. The number of rotatable bonds is 9. The fourth-order valence-electron chi connectivity index (χ4n) is 1.31. The molecular formula is C16H26N2O6. The molecule has 0 saturated heterocycles. The molecule has 0 aromatic heterocycles. The molecule has 24 heavy (non-hydrogen) atoms. The van der Waals surface area contributed by atoms with Crippen molar-refractivity contribution >= 4 is 11.9 Å². The molecule has 0 fully saturated rings. The average Bonchev–Trinajstić information content (AvgIpc) is 2.55. The summed E-state index contributed by atoms with van der Waals surface area (Å²) in [6.07, 6.45) is 6.61. The Morgan fingerprint density at radius 3 is 2.25 bits per heavy atom. The summed E-state index contributed by atoms with van der Waals surface area (Å²) >= 11 is 0. The molecule has 0 aliphatic heterocycles. The van der Waals surface area contributed by atoms with E-state index in [-0.39, 0.29) is 25.4 Å². The van der Waals surface area contributed by atoms with Crippen LogP contribution in [0.2, 0.25) is 0 Å². The van der Waals surface area contributed by atoms with Gasteiger partial charge in [0, 0.05) is 19.0 Å². The summed E-state index contributed by atoms with van der Waals surface area (Å²) in [4.78, 5) is 36.5. The van der Waals surface area contributed by atoms with Gasteiger partial charge in [-0.25, -0.2) is 0 Å². The van der Waals surface area contributed by atoms with Gasteiger partial charge in [-0.05, 0) is 38.5 Å². The Bertz CT molecular complexity index is 495. The van der Waals surface area contributed by atoms with E-state index in [1.165, 1.54) is 13.0 Å². The zero-order valence-electron chi connectivity index (χ0n) is 14.8. The van der Waals surface area contributed by atoms with E-state index in [0.717, 1.165) is 0 Å². The van der Waals surface area contributed by atoms with Crippen molar-refractivity contribution < 1.29 is 24.3 Å². The highest BCUT2D eigenvalue weighted by molar-refractivity contribution is 5.75. The predicted molar refractivity (Wildman–Crippen MR) is 90.1 cm³/mol. The van der Waals surface area contributed by atoms with Gasteiger partial charge in [-0.2, -0.15) is 0 Å². The Morgan fingerprint density at radius 2 is 1.79 bits per heavy atom. The Balaban J connectivity index is 0. The van der Waals surface area contributed by atoms with Crippen LogP contribution in [0.15, 0.2) is 35.8 Å². The third-order valence-corrected chi connectivity index (χ3v) is 2.30. The molecule has 0 spiro atoms. The molecule has 0 bridgehead atoms. The van der Waals surface area contributed by atoms with Crippen molar-refractivity contribution in [2.24, 2.45) is 0 Å². The van der Waals surface area contributed by atoms with Crippen LogP contribution in [0.25, 0.3) is 0 Å². The van der Waals surface area contributed by atoms with E-state index < -0.39 is 11.1 Å². The van der Waals surface area contributed by atoms with Crippen molar-refractivity contribution in [1.82, 2.24) is 5.32 Å². The van der Waals surface area contributed by atoms with Gasteiger partial charge in [0.15, 0.2) is 0 Å². The lowest BCUT2D eigenvalue weighted by atomic mass is 10.3. The molecule has 0 aliphatic rings. The minimum absolute atomic E-state index is 0.00118. The smallest absolute Gasteiger partial charge is 0.311 e. The summed E-state index contributed by atoms with van der Waals surface area (Å²) < 4.78 is 5.08. The van der Waals surface area contributed by atoms with Gasteiger partial charge in [-0.1, -0.05) is 19.9 Å². The van der Waals surface area contributed by atoms with Crippen LogP contribution in [-0.4, -0.2) is 23.6 Å². The van der Waals surface area contributed by atoms with Crippen LogP contribution in [0.3, 0.4) is 0 Å². The van der Waals surface area contributed by atoms with Gasteiger partial charge in [0.2, 0.25) is 5.91 Å². The van der Waals surface area contributed by atoms with Crippen molar-refractivity contribution in [2.45, 2.75) is 47.5 Å². The van der Waals surface area contributed by atoms with Crippen LogP contribution in [0, 0.1) is 10.1 Å². The Morgan fingerprint density at radius 1 is 1.17 bits per heavy atom. The van der Waals surface area contributed by atoms with E-state index in [9.17, 15) is 19.7 Å². The van der Waals surface area contributed by atoms with Crippen LogP contribution in [0.4, 0.5) is 0 Å². The fourth-order valence-corrected chi connectivity index (χ4v) is 1.31. The first-order valence-corrected chi connectivity index (χ1v) is 7.65. The molecule has 0 aliphatic carbocycles. The van der Waals surface area contributed by atoms with E-state index in [2.05, 4.69) is 10.2 Å². The van der Waals surface area contributed by atoms with Gasteiger partial charge in [0.1, 0.15) is 5.76 Å². The third kappa shape index (κ3) is 14.3. The van der Waals surface area contributed by atoms with Crippen LogP contribution in [-0.2, 0) is 19.2 Å². The third-order valence-electron chi connectivity index (χ3n) is 2.30. The van der Waals surface area contributed by atoms with Crippen molar-refractivity contribution in [1.29, 1.82) is 0 Å². The largest absolute Gasteiger partial charge is 0.427 e. The Labute approximate surface area is 142 Å². The van der Waals surface area contributed by atoms with E-state index in [1.807, 2.05) is 13.8 Å². The second-order valence-electron chi connectivity index (χ2n) is 4.08. The topological polar surface area (TPSA) is 108 Å². The number of esters is 1. The maximum Gasteiger partial charge on any atom is 0.311 e. The van der Waals surface area contributed by atoms with E-state index in [0.29, 0.717) is 11.5 Å². The zero-order chi connectivity index (χ0) is 19.0. The van der Waals surface area contributed by atoms with E-state index in [1.54, 1.807) is 32.1 Å². The van der Waals surface area contributed by atoms with Crippen molar-refractivity contribution in [3.8, 4) is 0 Å². The van der Waals surface area contributed by atoms with Gasteiger partial charge in [0.25, 0.3) is 5.09 Å². The minimum atomic E-state index is -0.911. The molecule has 8 heteroatoms. The molecule has 0 aromatic carbocycles. The molecule has 0 atom stereocenters. The van der Waals surface area contributed by atoms with Crippen LogP contribution >= 0.6 is 0 Å². The summed E-state index contributed by atoms with van der Waals surface area (Å²) in [7, 11) is 0. The highest BCUT2D eigenvalue weighted by atomic mass is 16.9. The monoisotopic (exact) mass is 342 g/mol. The van der Waals surface area contributed by atoms with Gasteiger partial charge in [-0.15, -0.1) is 10.1 Å². The van der Waals surface area contributed by atoms with Gasteiger partial charge in [-0.3, -0.25) is 9.59 Å². The van der Waals surface area contributed by atoms with Gasteiger partial charge < -0.3 is 14.9 Å². The molecule has 136 valence electrons. The predicted octanol–water partition coefficient (Wildman–Crippen LogP) is 3.04. The second kappa shape index (κ2) is 15.3. The molecule has 1 N–H and O–H groups in total. The standard InChI is InChI=1S/C14H20N2O6.C2H6/c1-4-12(15-11(3)17)8-9-13(5-2)22-14(18)7-6-10-21-16(19)20;1-2/h4-5,8-9H,6-7,10H2,1-3H3,(H,15,17);1-2H3/b9-8-,12-4+,13-5+;. The molecule has 0 heterocycles. The molecule has 0 rings (SSSR count). The first-order chi connectivity index (χ1) is 11.4. The van der Waals surface area contributed by atoms with Crippen LogP contribution < -0.4 is 5.32 Å². The highest BCUT2D eigenvalue weighted by Gasteiger charge is 2.06. The van der Waals surface area contributed by atoms with E-state index >= 15 is 0 Å². The second-order valence-corrected chi connectivity index (χ2v) is 4.08. The zero-order valence-corrected chi connectivity index (χ0v) is 14.8. The highest BCUT2D eigenvalue weighted by Crippen LogP contribution is 2.06. The molecule has 0 unspecified atom stereocenters. The first-order valence-electron chi connectivity index (χ1n) is 7.65. The number of hydrogen-bond acceptors (Lipinski definition) is 6. The summed E-state index contributed by atoms with van der Waals surface area (Å²) in [6.45, 7) is 8.68. The number of ether oxygens (including phenoxy) is 1. The van der Waals surface area contributed by atoms with Crippen molar-refractivity contribution in [2.75, 3.05) is 6.61 Å². The lowest BCUT2D eigenvalue weighted by molar-refractivity contribution is -0.757. The van der Waals surface area contributed by atoms with E-state index in [4.69, 9.17) is 4.74 Å². The number of carbonyl (C=O) groups is 2. The SMILES string of the molecule is CC.C\C=C(/C=C\C(=C/C)OC(=O)CCCO[N+](=O)[O-])NC(C)=O. The molecule has 0 radical (unpaired) electrons. The van der Waals surface area contributed by atoms with Crippen molar-refractivity contribution in [3.05, 3.63) is 45.9 Å². The lowest BCUT2D eigenvalue weighted by Crippen LogP contribution is -2.17. The number of hydrogen-bond donors (Lipinski definition) is 1. The quantitative estimate of drug-likeness (QED) is 0.172. The van der Waals surface area contributed by atoms with Crippen LogP contribution in [0.1, 0.15) is 47.5 Å². The summed E-state index contributed by atoms with van der Waals surface area (Å²) in [5.41, 5.74) is 0.572. The van der Waals surface area contributed by atoms with Crippen LogP contribution in [0.5, 0.6) is 0 Å². The molecule has 0 aromatic rings. The van der Waals surface area contributed by atoms with Crippen molar-refractivity contribution in [3.63, 3.8) is 0 Å². The number of nitrogens with zero attached hydrogens (tertiary/aromatic N) is 1. The maximum atomic E-state index is 11.5. The number of allylic oxidation sites excluding steroid dienone is 4. The molecular weight excluding hydrogens is 316 g/mol. The fraction of sp³-hybridized carbons (Fsp3) is 0.500. The van der Waals surface area contributed by atoms with Gasteiger partial charge >= 0.3 is 5.97 Å². The number of nitrogens with one attached hydrogen (secondary N) is 1. The minimum Gasteiger partial charge on any atom is -0.427 e. The summed E-state index contributed by atoms with van der Waals surface area (Å²) in [6, 6.07) is 0. The van der Waals surface area contributed by atoms with Gasteiger partial charge in [0.05, 0.1) is 6.61 Å². The molecule has 8 nitrogen and oxygen atoms in total. The molecule has 1 amide bonds. The Kier molecular flexibility index (Phi) is 15.0. The first kappa shape index (κ1) is 23.6. The Hall–Kier alpha value is -2.64. The average molecular weight is 342 g/mol.